The predicted molar refractivity (Wildman–Crippen MR) is 131 cm³/mol. The zero-order valence-electron chi connectivity index (χ0n) is 21.2. The van der Waals surface area contributed by atoms with E-state index in [-0.39, 0.29) is 35.7 Å². The molecule has 9 heteroatoms. The Hall–Kier alpha value is -3.10. The molecule has 3 amide bonds. The fourth-order valence-corrected chi connectivity index (χ4v) is 4.43. The number of carbonyl (C=O) groups is 4. The number of nitrogens with zero attached hydrogens (tertiary/aromatic N) is 2. The van der Waals surface area contributed by atoms with Gasteiger partial charge < -0.3 is 24.6 Å². The van der Waals surface area contributed by atoms with Crippen LogP contribution in [0.3, 0.4) is 0 Å². The second-order valence-electron chi connectivity index (χ2n) is 10.3. The maximum Gasteiger partial charge on any atom is 0.410 e. The molecule has 1 aromatic carbocycles. The highest BCUT2D eigenvalue weighted by Gasteiger charge is 2.30. The first-order chi connectivity index (χ1) is 16.6. The lowest BCUT2D eigenvalue weighted by Gasteiger charge is -2.33. The standard InChI is InChI=1S/C26H37N3O6/c1-26(2,3)35-25(33)29-15-11-19(12-16-29)23(31)27-21-7-5-20(6-8-21)24(32)28-13-9-18(10-14-28)17-22(30)34-4/h5-8,18-19H,9-17H2,1-4H3,(H,27,31). The highest BCUT2D eigenvalue weighted by Crippen LogP contribution is 2.24. The van der Waals surface area contributed by atoms with E-state index in [1.54, 1.807) is 34.1 Å². The van der Waals surface area contributed by atoms with Crippen molar-refractivity contribution in [3.05, 3.63) is 29.8 Å². The topological polar surface area (TPSA) is 105 Å². The average molecular weight is 488 g/mol. The number of esters is 1. The summed E-state index contributed by atoms with van der Waals surface area (Å²) in [6.45, 7) is 7.69. The van der Waals surface area contributed by atoms with E-state index in [0.717, 1.165) is 12.8 Å². The monoisotopic (exact) mass is 487 g/mol. The summed E-state index contributed by atoms with van der Waals surface area (Å²) in [5.74, 6) is -0.267. The molecule has 0 spiro atoms. The largest absolute Gasteiger partial charge is 0.469 e. The van der Waals surface area contributed by atoms with Crippen LogP contribution >= 0.6 is 0 Å². The number of nitrogens with one attached hydrogen (secondary N) is 1. The van der Waals surface area contributed by atoms with Crippen molar-refractivity contribution in [3.63, 3.8) is 0 Å². The average Bonchev–Trinajstić information content (AvgIpc) is 2.83. The third-order valence-corrected chi connectivity index (χ3v) is 6.50. The number of benzene rings is 1. The number of amides is 3. The van der Waals surface area contributed by atoms with Crippen molar-refractivity contribution < 1.29 is 28.7 Å². The molecule has 0 radical (unpaired) electrons. The van der Waals surface area contributed by atoms with Crippen molar-refractivity contribution in [1.82, 2.24) is 9.80 Å². The van der Waals surface area contributed by atoms with E-state index < -0.39 is 5.60 Å². The van der Waals surface area contributed by atoms with Gasteiger partial charge in [0.05, 0.1) is 7.11 Å². The molecule has 2 heterocycles. The Bertz CT molecular complexity index is 908. The summed E-state index contributed by atoms with van der Waals surface area (Å²) in [4.78, 5) is 52.7. The van der Waals surface area contributed by atoms with Crippen LogP contribution in [0.4, 0.5) is 10.5 Å². The zero-order valence-corrected chi connectivity index (χ0v) is 21.2. The number of likely N-dealkylation sites (tertiary alicyclic amines) is 2. The van der Waals surface area contributed by atoms with Gasteiger partial charge >= 0.3 is 12.1 Å². The normalized spacial score (nSPS) is 17.6. The van der Waals surface area contributed by atoms with Gasteiger partial charge in [-0.15, -0.1) is 0 Å². The Balaban J connectivity index is 1.45. The highest BCUT2D eigenvalue weighted by molar-refractivity contribution is 5.96. The summed E-state index contributed by atoms with van der Waals surface area (Å²) in [5.41, 5.74) is 0.665. The Morgan fingerprint density at radius 1 is 0.914 bits per heavy atom. The summed E-state index contributed by atoms with van der Waals surface area (Å²) in [6.07, 6.45) is 2.77. The van der Waals surface area contributed by atoms with Crippen LogP contribution in [-0.2, 0) is 19.1 Å². The number of anilines is 1. The first-order valence-electron chi connectivity index (χ1n) is 12.3. The third kappa shape index (κ3) is 7.70. The Kier molecular flexibility index (Phi) is 8.75. The predicted octanol–water partition coefficient (Wildman–Crippen LogP) is 3.69. The van der Waals surface area contributed by atoms with E-state index in [9.17, 15) is 19.2 Å². The number of methoxy groups -OCH3 is 1. The molecule has 2 aliphatic heterocycles. The van der Waals surface area contributed by atoms with Gasteiger partial charge in [0.15, 0.2) is 0 Å². The van der Waals surface area contributed by atoms with E-state index in [4.69, 9.17) is 9.47 Å². The van der Waals surface area contributed by atoms with Crippen LogP contribution in [-0.4, -0.2) is 72.6 Å². The summed E-state index contributed by atoms with van der Waals surface area (Å²) < 4.78 is 10.1. The molecule has 1 N–H and O–H groups in total. The highest BCUT2D eigenvalue weighted by atomic mass is 16.6. The number of piperidine rings is 2. The number of rotatable bonds is 5. The minimum atomic E-state index is -0.542. The molecular formula is C26H37N3O6. The van der Waals surface area contributed by atoms with Gasteiger partial charge in [0.25, 0.3) is 5.91 Å². The number of hydrogen-bond donors (Lipinski definition) is 1. The molecule has 2 fully saturated rings. The van der Waals surface area contributed by atoms with E-state index in [0.29, 0.717) is 56.7 Å². The van der Waals surface area contributed by atoms with Gasteiger partial charge in [-0.05, 0) is 76.6 Å². The van der Waals surface area contributed by atoms with Crippen molar-refractivity contribution in [2.45, 2.75) is 58.5 Å². The fourth-order valence-electron chi connectivity index (χ4n) is 4.43. The maximum atomic E-state index is 12.8. The van der Waals surface area contributed by atoms with Crippen LogP contribution in [0.25, 0.3) is 0 Å². The first kappa shape index (κ1) is 26.5. The molecule has 1 aromatic rings. The minimum Gasteiger partial charge on any atom is -0.469 e. The molecule has 0 unspecified atom stereocenters. The van der Waals surface area contributed by atoms with Gasteiger partial charge in [0.2, 0.25) is 5.91 Å². The maximum absolute atomic E-state index is 12.8. The number of carbonyl (C=O) groups excluding carboxylic acids is 4. The smallest absolute Gasteiger partial charge is 0.410 e. The Morgan fingerprint density at radius 3 is 2.03 bits per heavy atom. The summed E-state index contributed by atoms with van der Waals surface area (Å²) in [6, 6.07) is 6.93. The van der Waals surface area contributed by atoms with Gasteiger partial charge in [0.1, 0.15) is 5.60 Å². The van der Waals surface area contributed by atoms with Crippen molar-refractivity contribution in [2.24, 2.45) is 11.8 Å². The van der Waals surface area contributed by atoms with Gasteiger partial charge in [-0.2, -0.15) is 0 Å². The van der Waals surface area contributed by atoms with Crippen molar-refractivity contribution in [3.8, 4) is 0 Å². The number of ether oxygens (including phenoxy) is 2. The third-order valence-electron chi connectivity index (χ3n) is 6.50. The Morgan fingerprint density at radius 2 is 1.49 bits per heavy atom. The van der Waals surface area contributed by atoms with Crippen LogP contribution in [0, 0.1) is 11.8 Å². The molecule has 0 atom stereocenters. The van der Waals surface area contributed by atoms with Crippen LogP contribution in [0.2, 0.25) is 0 Å². The molecule has 2 saturated heterocycles. The molecule has 0 aliphatic carbocycles. The van der Waals surface area contributed by atoms with Crippen LogP contribution in [0.1, 0.15) is 63.2 Å². The summed E-state index contributed by atoms with van der Waals surface area (Å²) in [5, 5.41) is 2.93. The molecule has 192 valence electrons. The van der Waals surface area contributed by atoms with Gasteiger partial charge in [-0.3, -0.25) is 14.4 Å². The Labute approximate surface area is 207 Å². The van der Waals surface area contributed by atoms with Gasteiger partial charge in [-0.25, -0.2) is 4.79 Å². The molecule has 0 bridgehead atoms. The molecular weight excluding hydrogens is 450 g/mol. The van der Waals surface area contributed by atoms with Crippen LogP contribution in [0.15, 0.2) is 24.3 Å². The number of hydrogen-bond acceptors (Lipinski definition) is 6. The zero-order chi connectivity index (χ0) is 25.6. The lowest BCUT2D eigenvalue weighted by Crippen LogP contribution is -2.43. The molecule has 3 rings (SSSR count). The second-order valence-corrected chi connectivity index (χ2v) is 10.3. The molecule has 35 heavy (non-hydrogen) atoms. The molecule has 9 nitrogen and oxygen atoms in total. The molecule has 0 aromatic heterocycles. The second kappa shape index (κ2) is 11.6. The van der Waals surface area contributed by atoms with E-state index >= 15 is 0 Å². The van der Waals surface area contributed by atoms with E-state index in [1.165, 1.54) is 7.11 Å². The van der Waals surface area contributed by atoms with Crippen LogP contribution in [0.5, 0.6) is 0 Å². The van der Waals surface area contributed by atoms with E-state index in [2.05, 4.69) is 5.32 Å². The lowest BCUT2D eigenvalue weighted by molar-refractivity contribution is -0.142. The SMILES string of the molecule is COC(=O)CC1CCN(C(=O)c2ccc(NC(=O)C3CCN(C(=O)OC(C)(C)C)CC3)cc2)CC1. The molecule has 0 saturated carbocycles. The van der Waals surface area contributed by atoms with Gasteiger partial charge in [0, 0.05) is 49.8 Å². The van der Waals surface area contributed by atoms with Crippen molar-refractivity contribution >= 4 is 29.6 Å². The summed E-state index contributed by atoms with van der Waals surface area (Å²) in [7, 11) is 1.39. The van der Waals surface area contributed by atoms with Crippen molar-refractivity contribution in [1.29, 1.82) is 0 Å². The minimum absolute atomic E-state index is 0.0473. The van der Waals surface area contributed by atoms with E-state index in [1.807, 2.05) is 20.8 Å². The quantitative estimate of drug-likeness (QED) is 0.635. The first-order valence-corrected chi connectivity index (χ1v) is 12.3. The van der Waals surface area contributed by atoms with Gasteiger partial charge in [-0.1, -0.05) is 0 Å². The van der Waals surface area contributed by atoms with Crippen molar-refractivity contribution in [2.75, 3.05) is 38.6 Å². The summed E-state index contributed by atoms with van der Waals surface area (Å²) >= 11 is 0. The fraction of sp³-hybridized carbons (Fsp3) is 0.615. The molecule has 2 aliphatic rings. The lowest BCUT2D eigenvalue weighted by atomic mass is 9.93. The van der Waals surface area contributed by atoms with Crippen LogP contribution < -0.4 is 5.32 Å².